The Labute approximate surface area is 153 Å². The number of nitrogens with one attached hydrogen (secondary N) is 1. The second-order valence-electron chi connectivity index (χ2n) is 7.07. The monoisotopic (exact) mass is 353 g/mol. The molecule has 2 aromatic carbocycles. The maximum absolute atomic E-state index is 12.6. The van der Waals surface area contributed by atoms with E-state index in [1.54, 1.807) is 0 Å². The summed E-state index contributed by atoms with van der Waals surface area (Å²) in [6.45, 7) is 2.97. The Hall–Kier alpha value is -2.53. The standard InChI is InChI=1S/C21H24N2O3/c1-14(22-12-15-9-10-19-20(11-15)26-13-25-19)21(24)23-18-8-4-6-16-5-2-3-7-17(16)18/h2-3,5,7,9-11,14,18,22H,4,6,8,12-13H2,1H3,(H,23,24)/p+1/t14-,18+/m1/s1. The van der Waals surface area contributed by atoms with Gasteiger partial charge in [-0.1, -0.05) is 24.3 Å². The highest BCUT2D eigenvalue weighted by Crippen LogP contribution is 2.32. The topological polar surface area (TPSA) is 64.2 Å². The lowest BCUT2D eigenvalue weighted by molar-refractivity contribution is -0.689. The highest BCUT2D eigenvalue weighted by Gasteiger charge is 2.25. The Morgan fingerprint density at radius 3 is 3.00 bits per heavy atom. The third kappa shape index (κ3) is 3.53. The van der Waals surface area contributed by atoms with Crippen molar-refractivity contribution in [2.45, 2.75) is 44.8 Å². The van der Waals surface area contributed by atoms with Crippen LogP contribution in [0.2, 0.25) is 0 Å². The fraction of sp³-hybridized carbons (Fsp3) is 0.381. The highest BCUT2D eigenvalue weighted by molar-refractivity contribution is 5.80. The number of rotatable bonds is 5. The van der Waals surface area contributed by atoms with Gasteiger partial charge in [0.05, 0.1) is 6.04 Å². The first kappa shape index (κ1) is 16.9. The van der Waals surface area contributed by atoms with E-state index in [9.17, 15) is 4.79 Å². The van der Waals surface area contributed by atoms with Crippen molar-refractivity contribution in [2.24, 2.45) is 0 Å². The normalized spacial score (nSPS) is 18.9. The van der Waals surface area contributed by atoms with Gasteiger partial charge in [0.2, 0.25) is 6.79 Å². The van der Waals surface area contributed by atoms with Crippen LogP contribution in [-0.2, 0) is 17.8 Å². The van der Waals surface area contributed by atoms with Crippen LogP contribution in [0.1, 0.15) is 42.5 Å². The first-order valence-corrected chi connectivity index (χ1v) is 9.31. The van der Waals surface area contributed by atoms with Gasteiger partial charge in [-0.15, -0.1) is 0 Å². The maximum atomic E-state index is 12.6. The van der Waals surface area contributed by atoms with Crippen molar-refractivity contribution in [3.05, 3.63) is 59.2 Å². The van der Waals surface area contributed by atoms with Crippen LogP contribution in [0.25, 0.3) is 0 Å². The minimum absolute atomic E-state index is 0.0902. The minimum atomic E-state index is -0.144. The van der Waals surface area contributed by atoms with Crippen LogP contribution in [0.15, 0.2) is 42.5 Å². The predicted molar refractivity (Wildman–Crippen MR) is 97.9 cm³/mol. The molecule has 26 heavy (non-hydrogen) atoms. The fourth-order valence-electron chi connectivity index (χ4n) is 3.69. The third-order valence-electron chi connectivity index (χ3n) is 5.24. The molecule has 0 fully saturated rings. The minimum Gasteiger partial charge on any atom is -0.454 e. The Balaban J connectivity index is 1.34. The van der Waals surface area contributed by atoms with Gasteiger partial charge in [-0.2, -0.15) is 0 Å². The molecule has 0 saturated carbocycles. The van der Waals surface area contributed by atoms with Crippen LogP contribution in [0.4, 0.5) is 0 Å². The number of nitrogens with two attached hydrogens (primary N) is 1. The smallest absolute Gasteiger partial charge is 0.278 e. The SMILES string of the molecule is C[C@@H]([NH2+]Cc1ccc2c(c1)OCO2)C(=O)N[C@H]1CCCc2ccccc21. The average molecular weight is 353 g/mol. The van der Waals surface area contributed by atoms with Crippen molar-refractivity contribution in [2.75, 3.05) is 6.79 Å². The van der Waals surface area contributed by atoms with Crippen LogP contribution < -0.4 is 20.1 Å². The first-order chi connectivity index (χ1) is 12.7. The summed E-state index contributed by atoms with van der Waals surface area (Å²) in [5.41, 5.74) is 3.76. The first-order valence-electron chi connectivity index (χ1n) is 9.31. The number of hydrogen-bond acceptors (Lipinski definition) is 3. The van der Waals surface area contributed by atoms with Crippen molar-refractivity contribution in [3.8, 4) is 11.5 Å². The average Bonchev–Trinajstić information content (AvgIpc) is 3.14. The Morgan fingerprint density at radius 2 is 2.08 bits per heavy atom. The molecule has 1 aliphatic carbocycles. The summed E-state index contributed by atoms with van der Waals surface area (Å²) in [6, 6.07) is 14.4. The van der Waals surface area contributed by atoms with Gasteiger partial charge in [-0.25, -0.2) is 0 Å². The largest absolute Gasteiger partial charge is 0.454 e. The molecule has 0 radical (unpaired) electrons. The molecule has 4 rings (SSSR count). The molecule has 1 aliphatic heterocycles. The van der Waals surface area contributed by atoms with E-state index >= 15 is 0 Å². The summed E-state index contributed by atoms with van der Waals surface area (Å²) in [4.78, 5) is 12.6. The van der Waals surface area contributed by atoms with E-state index in [0.717, 1.165) is 42.9 Å². The van der Waals surface area contributed by atoms with Crippen LogP contribution in [0, 0.1) is 0 Å². The van der Waals surface area contributed by atoms with Gasteiger partial charge in [-0.3, -0.25) is 4.79 Å². The molecule has 0 bridgehead atoms. The molecule has 5 heteroatoms. The van der Waals surface area contributed by atoms with Gasteiger partial charge in [0.1, 0.15) is 6.54 Å². The van der Waals surface area contributed by atoms with Crippen LogP contribution in [-0.4, -0.2) is 18.7 Å². The fourth-order valence-corrected chi connectivity index (χ4v) is 3.69. The van der Waals surface area contributed by atoms with Gasteiger partial charge in [0.25, 0.3) is 5.91 Å². The molecule has 136 valence electrons. The van der Waals surface area contributed by atoms with Gasteiger partial charge < -0.3 is 20.1 Å². The molecule has 2 aliphatic rings. The van der Waals surface area contributed by atoms with E-state index in [1.165, 1.54) is 11.1 Å². The zero-order valence-electron chi connectivity index (χ0n) is 15.0. The Kier molecular flexibility index (Phi) is 4.80. The summed E-state index contributed by atoms with van der Waals surface area (Å²) >= 11 is 0. The molecule has 1 amide bonds. The van der Waals surface area contributed by atoms with E-state index in [2.05, 4.69) is 34.9 Å². The van der Waals surface area contributed by atoms with Crippen LogP contribution >= 0.6 is 0 Å². The number of fused-ring (bicyclic) bond motifs is 2. The number of benzene rings is 2. The molecule has 0 saturated heterocycles. The highest BCUT2D eigenvalue weighted by atomic mass is 16.7. The van der Waals surface area contributed by atoms with Crippen molar-refractivity contribution in [1.82, 2.24) is 5.32 Å². The van der Waals surface area contributed by atoms with Crippen molar-refractivity contribution in [3.63, 3.8) is 0 Å². The number of aryl methyl sites for hydroxylation is 1. The van der Waals surface area contributed by atoms with E-state index in [0.29, 0.717) is 0 Å². The molecule has 0 aromatic heterocycles. The lowest BCUT2D eigenvalue weighted by atomic mass is 9.87. The zero-order valence-corrected chi connectivity index (χ0v) is 15.0. The quantitative estimate of drug-likeness (QED) is 0.865. The maximum Gasteiger partial charge on any atom is 0.278 e. The lowest BCUT2D eigenvalue weighted by Gasteiger charge is -2.27. The Morgan fingerprint density at radius 1 is 1.23 bits per heavy atom. The number of quaternary nitrogens is 1. The predicted octanol–water partition coefficient (Wildman–Crippen LogP) is 2.06. The molecule has 3 N–H and O–H groups in total. The Bertz CT molecular complexity index is 806. The van der Waals surface area contributed by atoms with Gasteiger partial charge in [-0.05, 0) is 55.5 Å². The number of ether oxygens (including phenoxy) is 2. The van der Waals surface area contributed by atoms with E-state index in [-0.39, 0.29) is 24.8 Å². The summed E-state index contributed by atoms with van der Waals surface area (Å²) in [5, 5.41) is 5.30. The molecule has 0 spiro atoms. The molecule has 1 heterocycles. The second-order valence-corrected chi connectivity index (χ2v) is 7.07. The van der Waals surface area contributed by atoms with Crippen LogP contribution in [0.5, 0.6) is 11.5 Å². The van der Waals surface area contributed by atoms with Gasteiger partial charge >= 0.3 is 0 Å². The summed E-state index contributed by atoms with van der Waals surface area (Å²) < 4.78 is 10.7. The van der Waals surface area contributed by atoms with Crippen molar-refractivity contribution in [1.29, 1.82) is 0 Å². The summed E-state index contributed by atoms with van der Waals surface area (Å²) in [5.74, 6) is 1.66. The molecule has 2 aromatic rings. The summed E-state index contributed by atoms with van der Waals surface area (Å²) in [6.07, 6.45) is 3.24. The molecule has 0 unspecified atom stereocenters. The van der Waals surface area contributed by atoms with Crippen molar-refractivity contribution < 1.29 is 19.6 Å². The number of carbonyl (C=O) groups is 1. The van der Waals surface area contributed by atoms with Crippen molar-refractivity contribution >= 4 is 5.91 Å². The van der Waals surface area contributed by atoms with E-state index in [4.69, 9.17) is 9.47 Å². The lowest BCUT2D eigenvalue weighted by Crippen LogP contribution is -2.90. The van der Waals surface area contributed by atoms with Gasteiger partial charge in [0, 0.05) is 5.56 Å². The van der Waals surface area contributed by atoms with E-state index in [1.807, 2.05) is 25.1 Å². The molecule has 5 nitrogen and oxygen atoms in total. The molecular formula is C21H25N2O3+. The number of carbonyl (C=O) groups excluding carboxylic acids is 1. The number of amides is 1. The molecular weight excluding hydrogens is 328 g/mol. The third-order valence-corrected chi connectivity index (χ3v) is 5.24. The second kappa shape index (κ2) is 7.38. The summed E-state index contributed by atoms with van der Waals surface area (Å²) in [7, 11) is 0. The molecule has 2 atom stereocenters. The van der Waals surface area contributed by atoms with Crippen LogP contribution in [0.3, 0.4) is 0 Å². The number of hydrogen-bond donors (Lipinski definition) is 2. The zero-order chi connectivity index (χ0) is 17.9. The van der Waals surface area contributed by atoms with E-state index < -0.39 is 0 Å². The van der Waals surface area contributed by atoms with Gasteiger partial charge in [0.15, 0.2) is 17.5 Å².